The van der Waals surface area contributed by atoms with E-state index in [0.29, 0.717) is 17.2 Å². The number of carbonyl (C=O) groups excluding carboxylic acids is 3. The number of nitrogens with one attached hydrogen (secondary N) is 1. The van der Waals surface area contributed by atoms with Crippen LogP contribution in [0.4, 0.5) is 10.5 Å². The molecular weight excluding hydrogens is 436 g/mol. The van der Waals surface area contributed by atoms with E-state index in [1.54, 1.807) is 30.3 Å². The van der Waals surface area contributed by atoms with Crippen molar-refractivity contribution in [2.75, 3.05) is 4.90 Å². The molecule has 0 bridgehead atoms. The third-order valence-corrected chi connectivity index (χ3v) is 4.93. The van der Waals surface area contributed by atoms with Gasteiger partial charge in [-0.3, -0.25) is 14.9 Å². The van der Waals surface area contributed by atoms with Gasteiger partial charge in [0, 0.05) is 10.0 Å². The molecule has 7 heteroatoms. The molecule has 4 amide bonds. The maximum Gasteiger partial charge on any atom is 0.335 e. The van der Waals surface area contributed by atoms with Crippen molar-refractivity contribution in [1.82, 2.24) is 5.32 Å². The van der Waals surface area contributed by atoms with Gasteiger partial charge in [-0.15, -0.1) is 0 Å². The number of rotatable bonds is 3. The van der Waals surface area contributed by atoms with Gasteiger partial charge in [-0.25, -0.2) is 9.69 Å². The Kier molecular flexibility index (Phi) is 4.90. The normalized spacial score (nSPS) is 15.7. The van der Waals surface area contributed by atoms with Crippen molar-refractivity contribution in [2.45, 2.75) is 6.92 Å². The summed E-state index contributed by atoms with van der Waals surface area (Å²) in [4.78, 5) is 38.4. The molecule has 1 aliphatic heterocycles. The molecule has 144 valence electrons. The van der Waals surface area contributed by atoms with Crippen LogP contribution in [0.1, 0.15) is 11.3 Å². The zero-order valence-corrected chi connectivity index (χ0v) is 16.9. The number of anilines is 1. The Morgan fingerprint density at radius 1 is 1.00 bits per heavy atom. The highest BCUT2D eigenvalue weighted by atomic mass is 79.9. The highest BCUT2D eigenvalue weighted by Crippen LogP contribution is 2.27. The lowest BCUT2D eigenvalue weighted by Gasteiger charge is -2.26. The van der Waals surface area contributed by atoms with E-state index >= 15 is 0 Å². The van der Waals surface area contributed by atoms with E-state index in [1.165, 1.54) is 6.08 Å². The topological polar surface area (TPSA) is 79.6 Å². The minimum atomic E-state index is -0.780. The number of hydrogen-bond acceptors (Lipinski definition) is 4. The number of nitrogens with zero attached hydrogens (tertiary/aromatic N) is 1. The van der Waals surface area contributed by atoms with Crippen LogP contribution in [0.3, 0.4) is 0 Å². The number of aryl methyl sites for hydroxylation is 1. The minimum Gasteiger partial charge on any atom is -0.457 e. The number of hydrogen-bond donors (Lipinski definition) is 1. The molecule has 2 aromatic carbocycles. The molecule has 4 rings (SSSR count). The van der Waals surface area contributed by atoms with Gasteiger partial charge in [0.2, 0.25) is 0 Å². The number of amides is 4. The molecule has 0 unspecified atom stereocenters. The van der Waals surface area contributed by atoms with Crippen molar-refractivity contribution in [3.05, 3.63) is 82.0 Å². The summed E-state index contributed by atoms with van der Waals surface area (Å²) in [6.07, 6.45) is 1.34. The second-order valence-electron chi connectivity index (χ2n) is 6.51. The number of urea groups is 1. The van der Waals surface area contributed by atoms with Crippen LogP contribution in [0, 0.1) is 6.92 Å². The molecule has 0 spiro atoms. The Morgan fingerprint density at radius 3 is 2.48 bits per heavy atom. The minimum absolute atomic E-state index is 0.178. The van der Waals surface area contributed by atoms with Crippen LogP contribution < -0.4 is 10.2 Å². The average molecular weight is 451 g/mol. The summed E-state index contributed by atoms with van der Waals surface area (Å²) < 4.78 is 6.71. The highest BCUT2D eigenvalue weighted by molar-refractivity contribution is 9.10. The fraction of sp³-hybridized carbons (Fsp3) is 0.0455. The van der Waals surface area contributed by atoms with E-state index in [0.717, 1.165) is 20.5 Å². The molecule has 1 aliphatic rings. The van der Waals surface area contributed by atoms with Crippen molar-refractivity contribution < 1.29 is 18.8 Å². The number of imide groups is 2. The molecule has 1 saturated heterocycles. The summed E-state index contributed by atoms with van der Waals surface area (Å²) in [6, 6.07) is 17.1. The first kappa shape index (κ1) is 18.9. The second kappa shape index (κ2) is 7.52. The van der Waals surface area contributed by atoms with Gasteiger partial charge in [0.1, 0.15) is 17.1 Å². The largest absolute Gasteiger partial charge is 0.457 e. The van der Waals surface area contributed by atoms with Crippen LogP contribution in [0.2, 0.25) is 0 Å². The van der Waals surface area contributed by atoms with E-state index in [9.17, 15) is 14.4 Å². The van der Waals surface area contributed by atoms with Gasteiger partial charge in [-0.2, -0.15) is 0 Å². The smallest absolute Gasteiger partial charge is 0.335 e. The summed E-state index contributed by atoms with van der Waals surface area (Å²) in [5.41, 5.74) is 1.95. The highest BCUT2D eigenvalue weighted by Gasteiger charge is 2.37. The molecule has 1 N–H and O–H groups in total. The predicted octanol–water partition coefficient (Wildman–Crippen LogP) is 4.68. The first-order valence-electron chi connectivity index (χ1n) is 8.76. The molecule has 0 saturated carbocycles. The van der Waals surface area contributed by atoms with Crippen molar-refractivity contribution in [1.29, 1.82) is 0 Å². The summed E-state index contributed by atoms with van der Waals surface area (Å²) >= 11 is 3.38. The van der Waals surface area contributed by atoms with Crippen LogP contribution in [-0.2, 0) is 9.59 Å². The fourth-order valence-corrected chi connectivity index (χ4v) is 3.27. The molecule has 29 heavy (non-hydrogen) atoms. The van der Waals surface area contributed by atoms with Crippen molar-refractivity contribution in [2.24, 2.45) is 0 Å². The van der Waals surface area contributed by atoms with Gasteiger partial charge in [-0.1, -0.05) is 40.2 Å². The van der Waals surface area contributed by atoms with E-state index in [1.807, 2.05) is 37.3 Å². The van der Waals surface area contributed by atoms with Crippen LogP contribution in [-0.4, -0.2) is 17.8 Å². The SMILES string of the molecule is Cc1cccc(N2C(=O)NC(=O)/C(=C/c3ccc(-c4ccc(Br)cc4)o3)C2=O)c1. The van der Waals surface area contributed by atoms with Crippen LogP contribution in [0.5, 0.6) is 0 Å². The Labute approximate surface area is 174 Å². The zero-order chi connectivity index (χ0) is 20.5. The monoisotopic (exact) mass is 450 g/mol. The third-order valence-electron chi connectivity index (χ3n) is 4.40. The molecule has 2 heterocycles. The number of carbonyl (C=O) groups is 3. The lowest BCUT2D eigenvalue weighted by molar-refractivity contribution is -0.122. The quantitative estimate of drug-likeness (QED) is 0.463. The lowest BCUT2D eigenvalue weighted by atomic mass is 10.1. The fourth-order valence-electron chi connectivity index (χ4n) is 3.00. The van der Waals surface area contributed by atoms with Crippen LogP contribution >= 0.6 is 15.9 Å². The van der Waals surface area contributed by atoms with E-state index in [2.05, 4.69) is 21.2 Å². The molecule has 6 nitrogen and oxygen atoms in total. The molecule has 1 fully saturated rings. The maximum absolute atomic E-state index is 12.9. The zero-order valence-electron chi connectivity index (χ0n) is 15.3. The van der Waals surface area contributed by atoms with Crippen molar-refractivity contribution in [3.8, 4) is 11.3 Å². The van der Waals surface area contributed by atoms with Gasteiger partial charge in [-0.05, 0) is 55.0 Å². The summed E-state index contributed by atoms with van der Waals surface area (Å²) in [7, 11) is 0. The molecule has 0 aliphatic carbocycles. The van der Waals surface area contributed by atoms with E-state index < -0.39 is 17.8 Å². The van der Waals surface area contributed by atoms with Crippen LogP contribution in [0.15, 0.2) is 75.1 Å². The van der Waals surface area contributed by atoms with Gasteiger partial charge >= 0.3 is 6.03 Å². The van der Waals surface area contributed by atoms with E-state index in [4.69, 9.17) is 4.42 Å². The second-order valence-corrected chi connectivity index (χ2v) is 7.42. The summed E-state index contributed by atoms with van der Waals surface area (Å²) in [5, 5.41) is 2.20. The molecular formula is C22H15BrN2O4. The first-order chi connectivity index (χ1) is 13.9. The Balaban J connectivity index is 1.67. The standard InChI is InChI=1S/C22H15BrN2O4/c1-13-3-2-4-16(11-13)25-21(27)18(20(26)24-22(25)28)12-17-9-10-19(29-17)14-5-7-15(23)8-6-14/h2-12H,1H3,(H,24,26,28)/b18-12-. The van der Waals surface area contributed by atoms with Crippen LogP contribution in [0.25, 0.3) is 17.4 Å². The lowest BCUT2D eigenvalue weighted by Crippen LogP contribution is -2.54. The van der Waals surface area contributed by atoms with E-state index in [-0.39, 0.29) is 5.57 Å². The molecule has 1 aromatic heterocycles. The average Bonchev–Trinajstić information content (AvgIpc) is 3.14. The maximum atomic E-state index is 12.9. The van der Waals surface area contributed by atoms with Gasteiger partial charge in [0.05, 0.1) is 5.69 Å². The van der Waals surface area contributed by atoms with Crippen molar-refractivity contribution in [3.63, 3.8) is 0 Å². The Bertz CT molecular complexity index is 1160. The molecule has 0 atom stereocenters. The number of halogens is 1. The van der Waals surface area contributed by atoms with Gasteiger partial charge in [0.15, 0.2) is 0 Å². The van der Waals surface area contributed by atoms with Gasteiger partial charge in [0.25, 0.3) is 11.8 Å². The number of furan rings is 1. The number of barbiturate groups is 1. The van der Waals surface area contributed by atoms with Gasteiger partial charge < -0.3 is 4.42 Å². The van der Waals surface area contributed by atoms with Crippen molar-refractivity contribution >= 4 is 45.5 Å². The predicted molar refractivity (Wildman–Crippen MR) is 112 cm³/mol. The Hall–Kier alpha value is -3.45. The molecule has 3 aromatic rings. The first-order valence-corrected chi connectivity index (χ1v) is 9.55. The third kappa shape index (κ3) is 3.77. The Morgan fingerprint density at radius 2 is 1.76 bits per heavy atom. The summed E-state index contributed by atoms with van der Waals surface area (Å²) in [5.74, 6) is -0.531. The summed E-state index contributed by atoms with van der Waals surface area (Å²) in [6.45, 7) is 1.85. The number of benzene rings is 2. The molecule has 0 radical (unpaired) electrons.